The maximum Gasteiger partial charge on any atom is 0.405 e. The molecule has 1 rings (SSSR count). The summed E-state index contributed by atoms with van der Waals surface area (Å²) in [7, 11) is 0. The van der Waals surface area contributed by atoms with Crippen molar-refractivity contribution in [3.05, 3.63) is 17.0 Å². The van der Waals surface area contributed by atoms with E-state index >= 15 is 0 Å². The minimum atomic E-state index is -4.53. The summed E-state index contributed by atoms with van der Waals surface area (Å²) in [6.07, 6.45) is -4.53. The molecule has 0 aliphatic heterocycles. The van der Waals surface area contributed by atoms with Gasteiger partial charge in [-0.3, -0.25) is 10.1 Å². The molecule has 0 atom stereocenters. The largest absolute Gasteiger partial charge is 0.405 e. The maximum absolute atomic E-state index is 11.9. The summed E-state index contributed by atoms with van der Waals surface area (Å²) in [5, 5.41) is 3.71. The van der Waals surface area contributed by atoms with Crippen molar-refractivity contribution in [3.63, 3.8) is 0 Å². The second kappa shape index (κ2) is 7.43. The van der Waals surface area contributed by atoms with E-state index in [1.54, 1.807) is 24.5 Å². The molecule has 122 valence electrons. The molecule has 0 radical (unpaired) electrons. The Morgan fingerprint density at radius 2 is 1.68 bits per heavy atom. The zero-order valence-electron chi connectivity index (χ0n) is 12.2. The molecule has 22 heavy (non-hydrogen) atoms. The second-order valence-corrected chi connectivity index (χ2v) is 5.38. The third kappa shape index (κ3) is 6.29. The van der Waals surface area contributed by atoms with Gasteiger partial charge in [0, 0.05) is 11.4 Å². The molecular formula is C12H15F3N4O2S. The number of carbonyl (C=O) groups excluding carboxylic acids is 2. The van der Waals surface area contributed by atoms with Crippen molar-refractivity contribution in [2.45, 2.75) is 32.1 Å². The van der Waals surface area contributed by atoms with E-state index in [2.05, 4.69) is 9.97 Å². The molecule has 0 spiro atoms. The van der Waals surface area contributed by atoms with Crippen molar-refractivity contribution in [3.8, 4) is 0 Å². The Kier molecular flexibility index (Phi) is 6.15. The van der Waals surface area contributed by atoms with Crippen LogP contribution in [0.3, 0.4) is 0 Å². The van der Waals surface area contributed by atoms with Crippen molar-refractivity contribution < 1.29 is 22.8 Å². The third-order valence-electron chi connectivity index (χ3n) is 2.65. The van der Waals surface area contributed by atoms with Gasteiger partial charge in [-0.2, -0.15) is 13.2 Å². The normalized spacial score (nSPS) is 11.2. The molecule has 10 heteroatoms. The van der Waals surface area contributed by atoms with Crippen molar-refractivity contribution >= 4 is 23.7 Å². The van der Waals surface area contributed by atoms with Crippen molar-refractivity contribution in [1.29, 1.82) is 0 Å². The molecular weight excluding hydrogens is 321 g/mol. The molecule has 0 saturated heterocycles. The maximum atomic E-state index is 11.9. The lowest BCUT2D eigenvalue weighted by molar-refractivity contribution is -0.124. The van der Waals surface area contributed by atoms with E-state index in [1.165, 1.54) is 0 Å². The number of halogens is 3. The van der Waals surface area contributed by atoms with Crippen LogP contribution in [0.4, 0.5) is 18.0 Å². The fraction of sp³-hybridized carbons (Fsp3) is 0.500. The summed E-state index contributed by atoms with van der Waals surface area (Å²) in [4.78, 5) is 30.9. The molecule has 0 fully saturated rings. The molecule has 1 aromatic heterocycles. The third-order valence-corrected chi connectivity index (χ3v) is 3.49. The van der Waals surface area contributed by atoms with Gasteiger partial charge in [0.15, 0.2) is 5.16 Å². The van der Waals surface area contributed by atoms with E-state index < -0.39 is 24.7 Å². The minimum Gasteiger partial charge on any atom is -0.329 e. The number of thioether (sulfide) groups is 1. The molecule has 0 aromatic carbocycles. The average molecular weight is 336 g/mol. The van der Waals surface area contributed by atoms with E-state index in [1.807, 2.05) is 6.92 Å². The topological polar surface area (TPSA) is 84.0 Å². The molecule has 3 amide bonds. The van der Waals surface area contributed by atoms with Crippen LogP contribution in [0.5, 0.6) is 0 Å². The highest BCUT2D eigenvalue weighted by molar-refractivity contribution is 7.99. The highest BCUT2D eigenvalue weighted by Gasteiger charge is 2.27. The van der Waals surface area contributed by atoms with Crippen molar-refractivity contribution in [1.82, 2.24) is 20.6 Å². The van der Waals surface area contributed by atoms with Crippen LogP contribution < -0.4 is 10.6 Å². The number of imide groups is 1. The number of alkyl halides is 3. The number of urea groups is 1. The van der Waals surface area contributed by atoms with Crippen molar-refractivity contribution in [2.24, 2.45) is 0 Å². The predicted octanol–water partition coefficient (Wildman–Crippen LogP) is 1.88. The van der Waals surface area contributed by atoms with Gasteiger partial charge in [-0.05, 0) is 26.3 Å². The zero-order chi connectivity index (χ0) is 16.9. The number of amides is 3. The molecule has 0 aliphatic rings. The van der Waals surface area contributed by atoms with Gasteiger partial charge in [0.05, 0.1) is 5.75 Å². The van der Waals surface area contributed by atoms with Gasteiger partial charge in [0.25, 0.3) is 0 Å². The molecule has 0 bridgehead atoms. The molecule has 6 nitrogen and oxygen atoms in total. The Bertz CT molecular complexity index is 555. The lowest BCUT2D eigenvalue weighted by atomic mass is 10.2. The molecule has 0 aliphatic carbocycles. The van der Waals surface area contributed by atoms with Crippen LogP contribution in [0.15, 0.2) is 5.16 Å². The number of carbonyl (C=O) groups is 2. The number of nitrogens with zero attached hydrogens (tertiary/aromatic N) is 2. The monoisotopic (exact) mass is 336 g/mol. The molecule has 1 aromatic rings. The summed E-state index contributed by atoms with van der Waals surface area (Å²) >= 11 is 0.995. The Morgan fingerprint density at radius 3 is 2.18 bits per heavy atom. The number of hydrogen-bond donors (Lipinski definition) is 2. The summed E-state index contributed by atoms with van der Waals surface area (Å²) < 4.78 is 35.6. The first-order chi connectivity index (χ1) is 10.1. The Labute approximate surface area is 129 Å². The number of rotatable bonds is 4. The minimum absolute atomic E-state index is 0.179. The van der Waals surface area contributed by atoms with Crippen LogP contribution in [0.25, 0.3) is 0 Å². The van der Waals surface area contributed by atoms with E-state index in [9.17, 15) is 22.8 Å². The van der Waals surface area contributed by atoms with Gasteiger partial charge in [-0.1, -0.05) is 11.8 Å². The summed E-state index contributed by atoms with van der Waals surface area (Å²) in [5.74, 6) is -0.911. The SMILES string of the molecule is Cc1nc(SCC(=O)NC(=O)NCC(F)(F)F)nc(C)c1C. The van der Waals surface area contributed by atoms with E-state index in [0.717, 1.165) is 28.7 Å². The van der Waals surface area contributed by atoms with Crippen LogP contribution in [0, 0.1) is 20.8 Å². The van der Waals surface area contributed by atoms with Crippen LogP contribution in [0.1, 0.15) is 17.0 Å². The molecule has 0 saturated carbocycles. The number of aromatic nitrogens is 2. The van der Waals surface area contributed by atoms with Gasteiger partial charge in [0.1, 0.15) is 6.54 Å². The first-order valence-electron chi connectivity index (χ1n) is 6.17. The highest BCUT2D eigenvalue weighted by Crippen LogP contribution is 2.16. The summed E-state index contributed by atoms with van der Waals surface area (Å²) in [6, 6.07) is -1.19. The van der Waals surface area contributed by atoms with Crippen LogP contribution in [-0.2, 0) is 4.79 Å². The fourth-order valence-electron chi connectivity index (χ4n) is 1.32. The van der Waals surface area contributed by atoms with Gasteiger partial charge in [-0.25, -0.2) is 14.8 Å². The first kappa shape index (κ1) is 18.2. The lowest BCUT2D eigenvalue weighted by Crippen LogP contribution is -2.43. The number of aryl methyl sites for hydroxylation is 2. The van der Waals surface area contributed by atoms with Gasteiger partial charge >= 0.3 is 12.2 Å². The average Bonchev–Trinajstić information content (AvgIpc) is 2.39. The summed E-state index contributed by atoms with van der Waals surface area (Å²) in [5.41, 5.74) is 2.50. The van der Waals surface area contributed by atoms with Gasteiger partial charge in [0.2, 0.25) is 5.91 Å². The Balaban J connectivity index is 2.45. The summed E-state index contributed by atoms with van der Waals surface area (Å²) in [6.45, 7) is 3.98. The highest BCUT2D eigenvalue weighted by atomic mass is 32.2. The molecule has 1 heterocycles. The van der Waals surface area contributed by atoms with Crippen LogP contribution in [0.2, 0.25) is 0 Å². The lowest BCUT2D eigenvalue weighted by Gasteiger charge is -2.09. The van der Waals surface area contributed by atoms with E-state index in [-0.39, 0.29) is 5.75 Å². The smallest absolute Gasteiger partial charge is 0.329 e. The first-order valence-corrected chi connectivity index (χ1v) is 7.16. The van der Waals surface area contributed by atoms with Crippen LogP contribution >= 0.6 is 11.8 Å². The quantitative estimate of drug-likeness (QED) is 0.648. The van der Waals surface area contributed by atoms with E-state index in [0.29, 0.717) is 5.16 Å². The second-order valence-electron chi connectivity index (χ2n) is 4.44. The zero-order valence-corrected chi connectivity index (χ0v) is 13.0. The number of hydrogen-bond acceptors (Lipinski definition) is 5. The van der Waals surface area contributed by atoms with Gasteiger partial charge < -0.3 is 5.32 Å². The molecule has 0 unspecified atom stereocenters. The van der Waals surface area contributed by atoms with Gasteiger partial charge in [-0.15, -0.1) is 0 Å². The number of nitrogens with one attached hydrogen (secondary N) is 2. The Hall–Kier alpha value is -1.84. The standard InChI is InChI=1S/C12H15F3N4O2S/c1-6-7(2)17-11(18-8(6)3)22-4-9(20)19-10(21)16-5-12(13,14)15/h4-5H2,1-3H3,(H2,16,19,20,21). The predicted molar refractivity (Wildman–Crippen MR) is 74.6 cm³/mol. The van der Waals surface area contributed by atoms with E-state index in [4.69, 9.17) is 0 Å². The van der Waals surface area contributed by atoms with Crippen LogP contribution in [-0.4, -0.2) is 40.4 Å². The Morgan fingerprint density at radius 1 is 1.14 bits per heavy atom. The molecule has 2 N–H and O–H groups in total. The van der Waals surface area contributed by atoms with Crippen molar-refractivity contribution in [2.75, 3.05) is 12.3 Å². The fourth-order valence-corrected chi connectivity index (χ4v) is 2.06.